The number of benzene rings is 1. The molecule has 18 heavy (non-hydrogen) atoms. The first-order valence-corrected chi connectivity index (χ1v) is 7.08. The maximum absolute atomic E-state index is 5.73. The van der Waals surface area contributed by atoms with Gasteiger partial charge in [-0.3, -0.25) is 0 Å². The van der Waals surface area contributed by atoms with Crippen molar-refractivity contribution in [3.05, 3.63) is 29.8 Å². The van der Waals surface area contributed by atoms with Gasteiger partial charge in [-0.1, -0.05) is 18.2 Å². The van der Waals surface area contributed by atoms with Crippen molar-refractivity contribution in [2.45, 2.75) is 31.3 Å². The van der Waals surface area contributed by atoms with E-state index in [1.54, 1.807) is 0 Å². The van der Waals surface area contributed by atoms with Gasteiger partial charge in [0.05, 0.1) is 6.10 Å². The third-order valence-electron chi connectivity index (χ3n) is 3.98. The minimum atomic E-state index is 0.434. The van der Waals surface area contributed by atoms with E-state index in [0.29, 0.717) is 12.0 Å². The van der Waals surface area contributed by atoms with Crippen LogP contribution in [0.1, 0.15) is 30.7 Å². The zero-order valence-corrected chi connectivity index (χ0v) is 10.8. The summed E-state index contributed by atoms with van der Waals surface area (Å²) in [6.45, 7) is 4.04. The lowest BCUT2D eigenvalue weighted by Crippen LogP contribution is -2.34. The van der Waals surface area contributed by atoms with E-state index in [1.165, 1.54) is 30.5 Å². The molecule has 0 bridgehead atoms. The molecule has 98 valence electrons. The Morgan fingerprint density at radius 2 is 2.17 bits per heavy atom. The van der Waals surface area contributed by atoms with Crippen LogP contribution in [0.2, 0.25) is 0 Å². The van der Waals surface area contributed by atoms with Gasteiger partial charge in [-0.25, -0.2) is 0 Å². The standard InChI is InChI=1S/C15H22N2O/c1-2-7-15-14(6-1)12(10-17-15)9-16-11-13-5-3-4-8-18-13/h1-2,6-7,12-13,16-17H,3-5,8-11H2. The number of rotatable bonds is 4. The maximum Gasteiger partial charge on any atom is 0.0699 e. The molecule has 3 rings (SSSR count). The largest absolute Gasteiger partial charge is 0.384 e. The fraction of sp³-hybridized carbons (Fsp3) is 0.600. The Balaban J connectivity index is 1.47. The molecule has 0 saturated carbocycles. The molecule has 1 aromatic rings. The summed E-state index contributed by atoms with van der Waals surface area (Å²) in [5, 5.41) is 7.04. The Kier molecular flexibility index (Phi) is 3.81. The van der Waals surface area contributed by atoms with Gasteiger partial charge in [0.15, 0.2) is 0 Å². The van der Waals surface area contributed by atoms with Gasteiger partial charge >= 0.3 is 0 Å². The van der Waals surface area contributed by atoms with Crippen molar-refractivity contribution >= 4 is 5.69 Å². The van der Waals surface area contributed by atoms with Crippen molar-refractivity contribution < 1.29 is 4.74 Å². The van der Waals surface area contributed by atoms with Crippen molar-refractivity contribution in [3.8, 4) is 0 Å². The summed E-state index contributed by atoms with van der Waals surface area (Å²) < 4.78 is 5.73. The van der Waals surface area contributed by atoms with Gasteiger partial charge in [0.25, 0.3) is 0 Å². The monoisotopic (exact) mass is 246 g/mol. The smallest absolute Gasteiger partial charge is 0.0699 e. The second-order valence-corrected chi connectivity index (χ2v) is 5.31. The van der Waals surface area contributed by atoms with Gasteiger partial charge in [0.2, 0.25) is 0 Å². The normalized spacial score (nSPS) is 26.7. The summed E-state index contributed by atoms with van der Waals surface area (Å²) in [6.07, 6.45) is 4.20. The van der Waals surface area contributed by atoms with Crippen LogP contribution in [0.15, 0.2) is 24.3 Å². The topological polar surface area (TPSA) is 33.3 Å². The number of hydrogen-bond acceptors (Lipinski definition) is 3. The minimum Gasteiger partial charge on any atom is -0.384 e. The number of ether oxygens (including phenoxy) is 1. The lowest BCUT2D eigenvalue weighted by atomic mass is 10.0. The molecule has 3 nitrogen and oxygen atoms in total. The van der Waals surface area contributed by atoms with Crippen LogP contribution in [0, 0.1) is 0 Å². The van der Waals surface area contributed by atoms with E-state index >= 15 is 0 Å². The predicted molar refractivity (Wildman–Crippen MR) is 74.1 cm³/mol. The molecule has 0 radical (unpaired) electrons. The SMILES string of the molecule is c1ccc2c(c1)NCC2CNCC1CCCCO1. The zero-order chi connectivity index (χ0) is 12.2. The van der Waals surface area contributed by atoms with Crippen molar-refractivity contribution in [3.63, 3.8) is 0 Å². The first-order valence-electron chi connectivity index (χ1n) is 7.08. The fourth-order valence-electron chi connectivity index (χ4n) is 2.93. The highest BCUT2D eigenvalue weighted by molar-refractivity contribution is 5.57. The van der Waals surface area contributed by atoms with E-state index in [0.717, 1.165) is 26.2 Å². The van der Waals surface area contributed by atoms with Crippen LogP contribution in [-0.4, -0.2) is 32.3 Å². The van der Waals surface area contributed by atoms with Crippen molar-refractivity contribution in [2.24, 2.45) is 0 Å². The number of nitrogens with one attached hydrogen (secondary N) is 2. The van der Waals surface area contributed by atoms with E-state index in [4.69, 9.17) is 4.74 Å². The van der Waals surface area contributed by atoms with Gasteiger partial charge in [-0.2, -0.15) is 0 Å². The molecule has 0 aliphatic carbocycles. The van der Waals surface area contributed by atoms with Crippen LogP contribution in [0.25, 0.3) is 0 Å². The molecule has 1 saturated heterocycles. The molecule has 2 N–H and O–H groups in total. The summed E-state index contributed by atoms with van der Waals surface area (Å²) in [5.41, 5.74) is 2.76. The number of anilines is 1. The summed E-state index contributed by atoms with van der Waals surface area (Å²) in [7, 11) is 0. The van der Waals surface area contributed by atoms with Gasteiger partial charge in [-0.15, -0.1) is 0 Å². The molecule has 0 spiro atoms. The molecular weight excluding hydrogens is 224 g/mol. The molecule has 0 aromatic heterocycles. The average Bonchev–Trinajstić information content (AvgIpc) is 2.84. The second-order valence-electron chi connectivity index (χ2n) is 5.31. The van der Waals surface area contributed by atoms with E-state index in [9.17, 15) is 0 Å². The van der Waals surface area contributed by atoms with Crippen LogP contribution in [0.3, 0.4) is 0 Å². The van der Waals surface area contributed by atoms with Crippen molar-refractivity contribution in [2.75, 3.05) is 31.6 Å². The van der Waals surface area contributed by atoms with Crippen LogP contribution in [0.4, 0.5) is 5.69 Å². The summed E-state index contributed by atoms with van der Waals surface area (Å²) in [5.74, 6) is 0.602. The van der Waals surface area contributed by atoms with E-state index < -0.39 is 0 Å². The molecule has 2 atom stereocenters. The Hall–Kier alpha value is -1.06. The number of para-hydroxylation sites is 1. The Morgan fingerprint density at radius 1 is 1.22 bits per heavy atom. The number of hydrogen-bond donors (Lipinski definition) is 2. The van der Waals surface area contributed by atoms with Gasteiger partial charge in [0, 0.05) is 37.8 Å². The molecule has 2 unspecified atom stereocenters. The lowest BCUT2D eigenvalue weighted by molar-refractivity contribution is 0.0169. The van der Waals surface area contributed by atoms with E-state index in [2.05, 4.69) is 34.9 Å². The van der Waals surface area contributed by atoms with Crippen molar-refractivity contribution in [1.29, 1.82) is 0 Å². The number of fused-ring (bicyclic) bond motifs is 1. The average molecular weight is 246 g/mol. The van der Waals surface area contributed by atoms with Gasteiger partial charge in [-0.05, 0) is 30.9 Å². The second kappa shape index (κ2) is 5.72. The fourth-order valence-corrected chi connectivity index (χ4v) is 2.93. The highest BCUT2D eigenvalue weighted by atomic mass is 16.5. The van der Waals surface area contributed by atoms with Crippen LogP contribution >= 0.6 is 0 Å². The van der Waals surface area contributed by atoms with Gasteiger partial charge < -0.3 is 15.4 Å². The molecule has 2 heterocycles. The lowest BCUT2D eigenvalue weighted by Gasteiger charge is -2.23. The third kappa shape index (κ3) is 2.68. The van der Waals surface area contributed by atoms with E-state index in [-0.39, 0.29) is 0 Å². The summed E-state index contributed by atoms with van der Waals surface area (Å²) in [4.78, 5) is 0. The molecule has 1 aromatic carbocycles. The molecule has 2 aliphatic rings. The molecule has 3 heteroatoms. The Morgan fingerprint density at radius 3 is 3.06 bits per heavy atom. The third-order valence-corrected chi connectivity index (χ3v) is 3.98. The highest BCUT2D eigenvalue weighted by Gasteiger charge is 2.21. The first kappa shape index (κ1) is 12.0. The molecule has 1 fully saturated rings. The van der Waals surface area contributed by atoms with E-state index in [1.807, 2.05) is 0 Å². The predicted octanol–water partition coefficient (Wildman–Crippen LogP) is 2.35. The molecular formula is C15H22N2O. The van der Waals surface area contributed by atoms with Gasteiger partial charge in [0.1, 0.15) is 0 Å². The quantitative estimate of drug-likeness (QED) is 0.855. The highest BCUT2D eigenvalue weighted by Crippen LogP contribution is 2.30. The maximum atomic E-state index is 5.73. The first-order chi connectivity index (χ1) is 8.93. The minimum absolute atomic E-state index is 0.434. The Labute approximate surface area is 109 Å². The zero-order valence-electron chi connectivity index (χ0n) is 10.8. The van der Waals surface area contributed by atoms with Crippen LogP contribution in [0.5, 0.6) is 0 Å². The van der Waals surface area contributed by atoms with Crippen LogP contribution < -0.4 is 10.6 Å². The van der Waals surface area contributed by atoms with Crippen LogP contribution in [-0.2, 0) is 4.74 Å². The van der Waals surface area contributed by atoms with Crippen molar-refractivity contribution in [1.82, 2.24) is 5.32 Å². The molecule has 0 amide bonds. The summed E-state index contributed by atoms with van der Waals surface area (Å²) in [6, 6.07) is 8.62. The Bertz CT molecular complexity index is 388. The summed E-state index contributed by atoms with van der Waals surface area (Å²) >= 11 is 0. The molecule has 2 aliphatic heterocycles.